The maximum Gasteiger partial charge on any atom is 0.243 e. The Morgan fingerprint density at radius 2 is 1.86 bits per heavy atom. The molecule has 2 aromatic rings. The molecule has 1 saturated heterocycles. The molecule has 0 aliphatic carbocycles. The zero-order chi connectivity index (χ0) is 20.0. The first-order chi connectivity index (χ1) is 13.5. The van der Waals surface area contributed by atoms with E-state index in [2.05, 4.69) is 11.0 Å². The molecule has 0 saturated carbocycles. The van der Waals surface area contributed by atoms with Crippen LogP contribution in [0, 0.1) is 17.1 Å². The van der Waals surface area contributed by atoms with Crippen LogP contribution in [0.5, 0.6) is 5.75 Å². The third-order valence-electron chi connectivity index (χ3n) is 4.64. The van der Waals surface area contributed by atoms with Crippen molar-refractivity contribution < 1.29 is 17.5 Å². The van der Waals surface area contributed by atoms with Crippen molar-refractivity contribution in [2.75, 3.05) is 39.3 Å². The Bertz CT molecular complexity index is 942. The fourth-order valence-corrected chi connectivity index (χ4v) is 4.58. The van der Waals surface area contributed by atoms with Crippen LogP contribution in [0.2, 0.25) is 0 Å². The number of nitriles is 1. The van der Waals surface area contributed by atoms with Crippen molar-refractivity contribution in [3.8, 4) is 11.8 Å². The van der Waals surface area contributed by atoms with Crippen molar-refractivity contribution >= 4 is 10.0 Å². The molecule has 3 rings (SSSR count). The van der Waals surface area contributed by atoms with Crippen LogP contribution in [0.3, 0.4) is 0 Å². The Kier molecular flexibility index (Phi) is 6.62. The lowest BCUT2D eigenvalue weighted by molar-refractivity contribution is 0.215. The largest absolute Gasteiger partial charge is 0.492 e. The van der Waals surface area contributed by atoms with Gasteiger partial charge in [-0.2, -0.15) is 9.57 Å². The number of sulfonamides is 1. The Hall–Kier alpha value is -2.47. The maximum atomic E-state index is 13.1. The van der Waals surface area contributed by atoms with Crippen molar-refractivity contribution in [3.63, 3.8) is 0 Å². The highest BCUT2D eigenvalue weighted by atomic mass is 32.2. The zero-order valence-corrected chi connectivity index (χ0v) is 16.2. The van der Waals surface area contributed by atoms with Gasteiger partial charge in [0.15, 0.2) is 0 Å². The molecular formula is C20H22FN3O3S. The fourth-order valence-electron chi connectivity index (χ4n) is 3.11. The van der Waals surface area contributed by atoms with Gasteiger partial charge < -0.3 is 4.74 Å². The Morgan fingerprint density at radius 1 is 1.07 bits per heavy atom. The van der Waals surface area contributed by atoms with E-state index in [1.807, 2.05) is 0 Å². The number of ether oxygens (including phenoxy) is 1. The van der Waals surface area contributed by atoms with Crippen LogP contribution in [0.4, 0.5) is 4.39 Å². The van der Waals surface area contributed by atoms with Crippen molar-refractivity contribution in [1.29, 1.82) is 5.26 Å². The van der Waals surface area contributed by atoms with Crippen molar-refractivity contribution in [3.05, 3.63) is 59.9 Å². The predicted molar refractivity (Wildman–Crippen MR) is 103 cm³/mol. The summed E-state index contributed by atoms with van der Waals surface area (Å²) in [6.07, 6.45) is 0.713. The number of hydrogen-bond donors (Lipinski definition) is 0. The lowest BCUT2D eigenvalue weighted by atomic mass is 10.2. The van der Waals surface area contributed by atoms with Gasteiger partial charge in [-0.3, -0.25) is 4.90 Å². The molecule has 0 atom stereocenters. The van der Waals surface area contributed by atoms with Crippen LogP contribution in [-0.4, -0.2) is 57.0 Å². The highest BCUT2D eigenvalue weighted by Crippen LogP contribution is 2.18. The van der Waals surface area contributed by atoms with E-state index in [4.69, 9.17) is 10.00 Å². The van der Waals surface area contributed by atoms with Crippen molar-refractivity contribution in [2.45, 2.75) is 11.3 Å². The molecular weight excluding hydrogens is 381 g/mol. The monoisotopic (exact) mass is 403 g/mol. The second-order valence-electron chi connectivity index (χ2n) is 6.54. The Labute approximate surface area is 164 Å². The summed E-state index contributed by atoms with van der Waals surface area (Å²) < 4.78 is 45.7. The maximum absolute atomic E-state index is 13.1. The molecule has 8 heteroatoms. The quantitative estimate of drug-likeness (QED) is 0.741. The van der Waals surface area contributed by atoms with Crippen molar-refractivity contribution in [2.24, 2.45) is 0 Å². The molecule has 2 aromatic carbocycles. The van der Waals surface area contributed by atoms with Gasteiger partial charge in [0, 0.05) is 26.2 Å². The normalized spacial score (nSPS) is 16.3. The summed E-state index contributed by atoms with van der Waals surface area (Å²) in [5.74, 6) is 0.190. The minimum atomic E-state index is -3.62. The lowest BCUT2D eigenvalue weighted by Gasteiger charge is -2.21. The summed E-state index contributed by atoms with van der Waals surface area (Å²) >= 11 is 0. The van der Waals surface area contributed by atoms with E-state index in [9.17, 15) is 12.8 Å². The molecule has 0 bridgehead atoms. The van der Waals surface area contributed by atoms with Crippen LogP contribution in [0.25, 0.3) is 0 Å². The predicted octanol–water partition coefficient (Wildman–Crippen LogP) is 2.47. The van der Waals surface area contributed by atoms with Crippen LogP contribution in [-0.2, 0) is 10.0 Å². The molecule has 1 heterocycles. The number of rotatable bonds is 6. The van der Waals surface area contributed by atoms with Crippen LogP contribution in [0.1, 0.15) is 12.0 Å². The molecule has 1 fully saturated rings. The summed E-state index contributed by atoms with van der Waals surface area (Å²) in [6, 6.07) is 14.0. The van der Waals surface area contributed by atoms with Gasteiger partial charge >= 0.3 is 0 Å². The first-order valence-corrected chi connectivity index (χ1v) is 10.5. The molecule has 0 unspecified atom stereocenters. The summed E-state index contributed by atoms with van der Waals surface area (Å²) in [5.41, 5.74) is 0.550. The molecule has 1 aliphatic rings. The first kappa shape index (κ1) is 20.3. The van der Waals surface area contributed by atoms with E-state index in [-0.39, 0.29) is 4.90 Å². The average Bonchev–Trinajstić information content (AvgIpc) is 2.95. The lowest BCUT2D eigenvalue weighted by Crippen LogP contribution is -2.36. The first-order valence-electron chi connectivity index (χ1n) is 9.10. The third-order valence-corrected chi connectivity index (χ3v) is 6.55. The van der Waals surface area contributed by atoms with Gasteiger partial charge in [0.25, 0.3) is 0 Å². The minimum absolute atomic E-state index is 0.114. The van der Waals surface area contributed by atoms with Gasteiger partial charge in [-0.15, -0.1) is 0 Å². The summed E-state index contributed by atoms with van der Waals surface area (Å²) in [7, 11) is -3.62. The number of halogens is 1. The standard InChI is InChI=1S/C20H22FN3O3S/c21-18-5-7-20(8-6-18)28(25,26)24-10-2-9-23(11-12-24)13-14-27-19-4-1-3-17(15-19)16-22/h1,3-8,15H,2,9-14H2. The van der Waals surface area contributed by atoms with E-state index in [0.717, 1.165) is 18.7 Å². The highest BCUT2D eigenvalue weighted by Gasteiger charge is 2.26. The average molecular weight is 403 g/mol. The molecule has 0 aromatic heterocycles. The second kappa shape index (κ2) is 9.15. The molecule has 0 amide bonds. The molecule has 148 valence electrons. The molecule has 28 heavy (non-hydrogen) atoms. The van der Waals surface area contributed by atoms with Gasteiger partial charge in [0.05, 0.1) is 16.5 Å². The van der Waals surface area contributed by atoms with Crippen LogP contribution in [0.15, 0.2) is 53.4 Å². The molecule has 0 N–H and O–H groups in total. The highest BCUT2D eigenvalue weighted by molar-refractivity contribution is 7.89. The zero-order valence-electron chi connectivity index (χ0n) is 15.4. The van der Waals surface area contributed by atoms with Gasteiger partial charge in [0.1, 0.15) is 18.2 Å². The Balaban J connectivity index is 1.53. The second-order valence-corrected chi connectivity index (χ2v) is 8.48. The van der Waals surface area contributed by atoms with E-state index in [0.29, 0.717) is 50.5 Å². The summed E-state index contributed by atoms with van der Waals surface area (Å²) in [5, 5.41) is 8.92. The minimum Gasteiger partial charge on any atom is -0.492 e. The van der Waals surface area contributed by atoms with Crippen LogP contribution < -0.4 is 4.74 Å². The van der Waals surface area contributed by atoms with Gasteiger partial charge in [-0.1, -0.05) is 6.07 Å². The summed E-state index contributed by atoms with van der Waals surface area (Å²) in [4.78, 5) is 2.27. The summed E-state index contributed by atoms with van der Waals surface area (Å²) in [6.45, 7) is 3.31. The van der Waals surface area contributed by atoms with E-state index >= 15 is 0 Å². The van der Waals surface area contributed by atoms with E-state index < -0.39 is 15.8 Å². The third kappa shape index (κ3) is 5.07. The number of nitrogens with zero attached hydrogens (tertiary/aromatic N) is 3. The van der Waals surface area contributed by atoms with E-state index in [1.54, 1.807) is 24.3 Å². The molecule has 6 nitrogen and oxygen atoms in total. The SMILES string of the molecule is N#Cc1cccc(OCCN2CCCN(S(=O)(=O)c3ccc(F)cc3)CC2)c1. The molecule has 1 aliphatic heterocycles. The number of benzene rings is 2. The van der Waals surface area contributed by atoms with E-state index in [1.165, 1.54) is 16.4 Å². The van der Waals surface area contributed by atoms with Crippen molar-refractivity contribution in [1.82, 2.24) is 9.21 Å². The van der Waals surface area contributed by atoms with Gasteiger partial charge in [-0.05, 0) is 55.4 Å². The van der Waals surface area contributed by atoms with Gasteiger partial charge in [-0.25, -0.2) is 12.8 Å². The molecule has 0 radical (unpaired) electrons. The molecule has 0 spiro atoms. The topological polar surface area (TPSA) is 73.6 Å². The van der Waals surface area contributed by atoms with Crippen LogP contribution >= 0.6 is 0 Å². The number of hydrogen-bond acceptors (Lipinski definition) is 5. The smallest absolute Gasteiger partial charge is 0.243 e. The Morgan fingerprint density at radius 3 is 2.61 bits per heavy atom. The van der Waals surface area contributed by atoms with Gasteiger partial charge in [0.2, 0.25) is 10.0 Å². The fraction of sp³-hybridized carbons (Fsp3) is 0.350.